The number of amides is 1. The second-order valence-corrected chi connectivity index (χ2v) is 6.51. The summed E-state index contributed by atoms with van der Waals surface area (Å²) in [5.41, 5.74) is -0.400. The Labute approximate surface area is 112 Å². The largest absolute Gasteiger partial charge is 0.444 e. The van der Waals surface area contributed by atoms with Crippen molar-refractivity contribution in [2.45, 2.75) is 84.3 Å². The molecule has 1 N–H and O–H groups in total. The maximum atomic E-state index is 11.6. The lowest BCUT2D eigenvalue weighted by atomic mass is 9.83. The molecule has 0 heterocycles. The summed E-state index contributed by atoms with van der Waals surface area (Å²) in [6.45, 7) is 7.94. The molecular formula is C15H29NO2. The van der Waals surface area contributed by atoms with E-state index in [1.54, 1.807) is 0 Å². The summed E-state index contributed by atoms with van der Waals surface area (Å²) in [6.07, 6.45) is 8.43. The molecule has 1 amide bonds. The Hall–Kier alpha value is -0.730. The van der Waals surface area contributed by atoms with E-state index in [9.17, 15) is 4.79 Å². The lowest BCUT2D eigenvalue weighted by Gasteiger charge is -2.30. The van der Waals surface area contributed by atoms with Crippen LogP contribution in [0, 0.1) is 5.92 Å². The highest BCUT2D eigenvalue weighted by Crippen LogP contribution is 2.28. The van der Waals surface area contributed by atoms with Crippen molar-refractivity contribution >= 4 is 6.09 Å². The molecule has 0 radical (unpaired) electrons. The summed E-state index contributed by atoms with van der Waals surface area (Å²) < 4.78 is 5.28. The molecule has 0 unspecified atom stereocenters. The van der Waals surface area contributed by atoms with Gasteiger partial charge in [-0.15, -0.1) is 0 Å². The number of alkyl carbamates (subject to hydrolysis) is 1. The first kappa shape index (κ1) is 15.3. The summed E-state index contributed by atoms with van der Waals surface area (Å²) in [5, 5.41) is 2.99. The van der Waals surface area contributed by atoms with Crippen molar-refractivity contribution in [3.63, 3.8) is 0 Å². The Kier molecular flexibility index (Phi) is 5.97. The van der Waals surface area contributed by atoms with Gasteiger partial charge in [-0.2, -0.15) is 0 Å². The third kappa shape index (κ3) is 6.27. The summed E-state index contributed by atoms with van der Waals surface area (Å²) in [5.74, 6) is 0.877. The normalized spacial score (nSPS) is 24.7. The second kappa shape index (κ2) is 7.01. The molecule has 0 saturated heterocycles. The minimum atomic E-state index is -0.400. The van der Waals surface area contributed by atoms with Gasteiger partial charge in [0.05, 0.1) is 0 Å². The molecule has 0 spiro atoms. The van der Waals surface area contributed by atoms with Crippen molar-refractivity contribution < 1.29 is 9.53 Å². The van der Waals surface area contributed by atoms with E-state index in [2.05, 4.69) is 12.2 Å². The average Bonchev–Trinajstić information content (AvgIpc) is 2.25. The highest BCUT2D eigenvalue weighted by atomic mass is 16.6. The standard InChI is InChI=1S/C15H29NO2/c1-5-6-7-12-8-10-13(11-9-12)16-14(17)18-15(2,3)4/h12-13H,5-11H2,1-4H3,(H,16,17). The molecule has 0 aromatic rings. The van der Waals surface area contributed by atoms with E-state index in [0.717, 1.165) is 18.8 Å². The third-order valence-electron chi connectivity index (χ3n) is 3.53. The van der Waals surface area contributed by atoms with Crippen molar-refractivity contribution in [3.05, 3.63) is 0 Å². The molecule has 0 aromatic heterocycles. The van der Waals surface area contributed by atoms with E-state index in [4.69, 9.17) is 4.74 Å². The number of carbonyl (C=O) groups is 1. The van der Waals surface area contributed by atoms with Crippen LogP contribution >= 0.6 is 0 Å². The number of unbranched alkanes of at least 4 members (excludes halogenated alkanes) is 1. The summed E-state index contributed by atoms with van der Waals surface area (Å²) in [4.78, 5) is 11.6. The molecule has 0 aliphatic heterocycles. The molecule has 1 saturated carbocycles. The van der Waals surface area contributed by atoms with E-state index < -0.39 is 5.60 Å². The Morgan fingerprint density at radius 1 is 1.22 bits per heavy atom. The van der Waals surface area contributed by atoms with Gasteiger partial charge in [0, 0.05) is 6.04 Å². The Morgan fingerprint density at radius 3 is 2.33 bits per heavy atom. The smallest absolute Gasteiger partial charge is 0.407 e. The minimum Gasteiger partial charge on any atom is -0.444 e. The van der Waals surface area contributed by atoms with Gasteiger partial charge in [-0.25, -0.2) is 4.79 Å². The van der Waals surface area contributed by atoms with Gasteiger partial charge >= 0.3 is 6.09 Å². The van der Waals surface area contributed by atoms with Crippen LogP contribution in [0.4, 0.5) is 4.79 Å². The minimum absolute atomic E-state index is 0.264. The fraction of sp³-hybridized carbons (Fsp3) is 0.933. The first-order valence-corrected chi connectivity index (χ1v) is 7.40. The zero-order valence-corrected chi connectivity index (χ0v) is 12.4. The van der Waals surface area contributed by atoms with Crippen LogP contribution in [0.3, 0.4) is 0 Å². The van der Waals surface area contributed by atoms with Crippen LogP contribution in [0.25, 0.3) is 0 Å². The molecular weight excluding hydrogens is 226 g/mol. The lowest BCUT2D eigenvalue weighted by Crippen LogP contribution is -2.40. The van der Waals surface area contributed by atoms with Crippen molar-refractivity contribution in [1.82, 2.24) is 5.32 Å². The number of carbonyl (C=O) groups excluding carboxylic acids is 1. The quantitative estimate of drug-likeness (QED) is 0.815. The molecule has 0 aromatic carbocycles. The number of ether oxygens (including phenoxy) is 1. The van der Waals surface area contributed by atoms with Gasteiger partial charge in [0.1, 0.15) is 5.60 Å². The summed E-state index contributed by atoms with van der Waals surface area (Å²) >= 11 is 0. The van der Waals surface area contributed by atoms with Crippen LogP contribution in [0.15, 0.2) is 0 Å². The van der Waals surface area contributed by atoms with Crippen molar-refractivity contribution in [2.24, 2.45) is 5.92 Å². The van der Waals surface area contributed by atoms with E-state index >= 15 is 0 Å². The second-order valence-electron chi connectivity index (χ2n) is 6.51. The molecule has 1 aliphatic carbocycles. The molecule has 3 heteroatoms. The monoisotopic (exact) mass is 255 g/mol. The van der Waals surface area contributed by atoms with Crippen LogP contribution in [-0.2, 0) is 4.74 Å². The number of hydrogen-bond acceptors (Lipinski definition) is 2. The molecule has 3 nitrogen and oxygen atoms in total. The molecule has 106 valence electrons. The van der Waals surface area contributed by atoms with E-state index in [0.29, 0.717) is 6.04 Å². The first-order chi connectivity index (χ1) is 8.40. The van der Waals surface area contributed by atoms with E-state index in [-0.39, 0.29) is 6.09 Å². The van der Waals surface area contributed by atoms with Crippen molar-refractivity contribution in [1.29, 1.82) is 0 Å². The topological polar surface area (TPSA) is 38.3 Å². The van der Waals surface area contributed by atoms with Gasteiger partial charge in [0.2, 0.25) is 0 Å². The number of rotatable bonds is 4. The average molecular weight is 255 g/mol. The fourth-order valence-corrected chi connectivity index (χ4v) is 2.56. The van der Waals surface area contributed by atoms with Gasteiger partial charge in [0.25, 0.3) is 0 Å². The summed E-state index contributed by atoms with van der Waals surface area (Å²) in [6, 6.07) is 0.317. The van der Waals surface area contributed by atoms with Crippen molar-refractivity contribution in [3.8, 4) is 0 Å². The number of hydrogen-bond donors (Lipinski definition) is 1. The third-order valence-corrected chi connectivity index (χ3v) is 3.53. The van der Waals surface area contributed by atoms with Crippen LogP contribution in [0.2, 0.25) is 0 Å². The zero-order valence-electron chi connectivity index (χ0n) is 12.4. The fourth-order valence-electron chi connectivity index (χ4n) is 2.56. The maximum Gasteiger partial charge on any atom is 0.407 e. The molecule has 1 fully saturated rings. The van der Waals surface area contributed by atoms with Gasteiger partial charge in [0.15, 0.2) is 0 Å². The SMILES string of the molecule is CCCCC1CCC(NC(=O)OC(C)(C)C)CC1. The van der Waals surface area contributed by atoms with Crippen molar-refractivity contribution in [2.75, 3.05) is 0 Å². The highest BCUT2D eigenvalue weighted by molar-refractivity contribution is 5.68. The first-order valence-electron chi connectivity index (χ1n) is 7.40. The molecule has 18 heavy (non-hydrogen) atoms. The maximum absolute atomic E-state index is 11.6. The molecule has 1 rings (SSSR count). The predicted octanol–water partition coefficient (Wildman–Crippen LogP) is 4.26. The Bertz CT molecular complexity index is 250. The van der Waals surface area contributed by atoms with E-state index in [1.807, 2.05) is 20.8 Å². The van der Waals surface area contributed by atoms with Crippen LogP contribution in [-0.4, -0.2) is 17.7 Å². The van der Waals surface area contributed by atoms with Gasteiger partial charge in [-0.1, -0.05) is 26.2 Å². The molecule has 1 aliphatic rings. The Balaban J connectivity index is 2.21. The summed E-state index contributed by atoms with van der Waals surface area (Å²) in [7, 11) is 0. The number of nitrogens with one attached hydrogen (secondary N) is 1. The zero-order chi connectivity index (χ0) is 13.6. The van der Waals surface area contributed by atoms with Gasteiger partial charge < -0.3 is 10.1 Å². The van der Waals surface area contributed by atoms with Crippen LogP contribution in [0.5, 0.6) is 0 Å². The molecule has 0 atom stereocenters. The van der Waals surface area contributed by atoms with Gasteiger partial charge in [-0.05, 0) is 52.4 Å². The van der Waals surface area contributed by atoms with Gasteiger partial charge in [-0.3, -0.25) is 0 Å². The van der Waals surface area contributed by atoms with Crippen LogP contribution in [0.1, 0.15) is 72.6 Å². The predicted molar refractivity (Wildman–Crippen MR) is 74.6 cm³/mol. The Morgan fingerprint density at radius 2 is 1.83 bits per heavy atom. The van der Waals surface area contributed by atoms with Crippen LogP contribution < -0.4 is 5.32 Å². The lowest BCUT2D eigenvalue weighted by molar-refractivity contribution is 0.0486. The molecule has 0 bridgehead atoms. The van der Waals surface area contributed by atoms with E-state index in [1.165, 1.54) is 32.1 Å². The highest BCUT2D eigenvalue weighted by Gasteiger charge is 2.24.